The van der Waals surface area contributed by atoms with Gasteiger partial charge in [0.1, 0.15) is 0 Å². The number of halogens is 1. The number of ketones is 1. The number of Topliss-reactive ketones (excluding diaryl/α,β-unsaturated/α-hetero) is 1. The van der Waals surface area contributed by atoms with Crippen molar-refractivity contribution in [2.24, 2.45) is 17.8 Å². The van der Waals surface area contributed by atoms with Crippen molar-refractivity contribution in [1.29, 1.82) is 0 Å². The zero-order valence-corrected chi connectivity index (χ0v) is 11.4. The third-order valence-electron chi connectivity index (χ3n) is 4.98. The lowest BCUT2D eigenvalue weighted by atomic mass is 9.83. The predicted molar refractivity (Wildman–Crippen MR) is 76.6 cm³/mol. The normalized spacial score (nSPS) is 29.2. The molecule has 2 aliphatic rings. The summed E-state index contributed by atoms with van der Waals surface area (Å²) in [7, 11) is 0. The van der Waals surface area contributed by atoms with Gasteiger partial charge in [-0.05, 0) is 43.2 Å². The molecule has 0 radical (unpaired) electrons. The SMILES string of the molecule is O=C(c1c[nH]c2cc(Cl)ccc12)C1CC2CCC1C2. The quantitative estimate of drug-likeness (QED) is 0.806. The minimum atomic E-state index is 0.258. The first-order valence-electron chi connectivity index (χ1n) is 7.03. The number of nitrogens with one attached hydrogen (secondary N) is 1. The highest BCUT2D eigenvalue weighted by Gasteiger charge is 2.43. The number of carbonyl (C=O) groups excluding carboxylic acids is 1. The fourth-order valence-corrected chi connectivity index (χ4v) is 4.24. The summed E-state index contributed by atoms with van der Waals surface area (Å²) in [5.41, 5.74) is 1.81. The van der Waals surface area contributed by atoms with Crippen LogP contribution < -0.4 is 0 Å². The van der Waals surface area contributed by atoms with E-state index in [9.17, 15) is 4.79 Å². The van der Waals surface area contributed by atoms with Crippen LogP contribution in [0, 0.1) is 17.8 Å². The lowest BCUT2D eigenvalue weighted by molar-refractivity contribution is 0.0876. The van der Waals surface area contributed by atoms with Gasteiger partial charge in [-0.2, -0.15) is 0 Å². The molecule has 3 atom stereocenters. The van der Waals surface area contributed by atoms with E-state index in [-0.39, 0.29) is 5.92 Å². The Morgan fingerprint density at radius 3 is 2.89 bits per heavy atom. The molecule has 0 aliphatic heterocycles. The second-order valence-corrected chi connectivity index (χ2v) is 6.47. The molecule has 98 valence electrons. The van der Waals surface area contributed by atoms with Gasteiger partial charge in [-0.25, -0.2) is 0 Å². The number of benzene rings is 1. The fourth-order valence-electron chi connectivity index (χ4n) is 4.07. The van der Waals surface area contributed by atoms with Crippen LogP contribution >= 0.6 is 11.6 Å². The van der Waals surface area contributed by atoms with Crippen molar-refractivity contribution in [2.75, 3.05) is 0 Å². The fraction of sp³-hybridized carbons (Fsp3) is 0.438. The molecule has 1 aromatic carbocycles. The van der Waals surface area contributed by atoms with Crippen LogP contribution in [0.15, 0.2) is 24.4 Å². The van der Waals surface area contributed by atoms with Crippen molar-refractivity contribution < 1.29 is 4.79 Å². The van der Waals surface area contributed by atoms with E-state index >= 15 is 0 Å². The van der Waals surface area contributed by atoms with E-state index in [4.69, 9.17) is 11.6 Å². The number of hydrogen-bond acceptors (Lipinski definition) is 1. The molecular weight excluding hydrogens is 258 g/mol. The first kappa shape index (κ1) is 11.5. The molecule has 3 unspecified atom stereocenters. The van der Waals surface area contributed by atoms with Crippen molar-refractivity contribution in [3.63, 3.8) is 0 Å². The summed E-state index contributed by atoms with van der Waals surface area (Å²) >= 11 is 5.98. The van der Waals surface area contributed by atoms with Gasteiger partial charge in [-0.15, -0.1) is 0 Å². The van der Waals surface area contributed by atoms with E-state index < -0.39 is 0 Å². The Bertz CT molecular complexity index is 660. The van der Waals surface area contributed by atoms with Gasteiger partial charge in [0.15, 0.2) is 5.78 Å². The maximum absolute atomic E-state index is 12.7. The van der Waals surface area contributed by atoms with Gasteiger partial charge in [0.2, 0.25) is 0 Å². The predicted octanol–water partition coefficient (Wildman–Crippen LogP) is 4.44. The number of aromatic nitrogens is 1. The Labute approximate surface area is 117 Å². The molecule has 4 rings (SSSR count). The smallest absolute Gasteiger partial charge is 0.168 e. The van der Waals surface area contributed by atoms with Crippen LogP contribution in [0.25, 0.3) is 10.9 Å². The molecule has 2 saturated carbocycles. The van der Waals surface area contributed by atoms with Crippen LogP contribution in [0.5, 0.6) is 0 Å². The molecular formula is C16H16ClNO. The van der Waals surface area contributed by atoms with Crippen molar-refractivity contribution in [2.45, 2.75) is 25.7 Å². The van der Waals surface area contributed by atoms with Gasteiger partial charge in [-0.1, -0.05) is 24.1 Å². The average molecular weight is 274 g/mol. The minimum absolute atomic E-state index is 0.258. The van der Waals surface area contributed by atoms with Gasteiger partial charge in [0.05, 0.1) is 0 Å². The highest BCUT2D eigenvalue weighted by molar-refractivity contribution is 6.31. The van der Waals surface area contributed by atoms with Crippen molar-refractivity contribution in [3.05, 3.63) is 35.0 Å². The van der Waals surface area contributed by atoms with Gasteiger partial charge in [0, 0.05) is 33.6 Å². The van der Waals surface area contributed by atoms with E-state index in [2.05, 4.69) is 4.98 Å². The molecule has 1 heterocycles. The molecule has 19 heavy (non-hydrogen) atoms. The molecule has 3 heteroatoms. The van der Waals surface area contributed by atoms with Crippen LogP contribution in [-0.4, -0.2) is 10.8 Å². The van der Waals surface area contributed by atoms with E-state index in [0.29, 0.717) is 16.7 Å². The molecule has 0 spiro atoms. The van der Waals surface area contributed by atoms with Gasteiger partial charge >= 0.3 is 0 Å². The maximum Gasteiger partial charge on any atom is 0.168 e. The topological polar surface area (TPSA) is 32.9 Å². The Kier molecular flexibility index (Phi) is 2.49. The molecule has 2 fully saturated rings. The lowest BCUT2D eigenvalue weighted by Crippen LogP contribution is -2.20. The maximum atomic E-state index is 12.7. The summed E-state index contributed by atoms with van der Waals surface area (Å²) in [5, 5.41) is 1.71. The molecule has 2 aromatic rings. The van der Waals surface area contributed by atoms with E-state index in [1.807, 2.05) is 24.4 Å². The Morgan fingerprint density at radius 1 is 1.26 bits per heavy atom. The van der Waals surface area contributed by atoms with Crippen LogP contribution in [0.1, 0.15) is 36.0 Å². The van der Waals surface area contributed by atoms with Gasteiger partial charge in [0.25, 0.3) is 0 Å². The summed E-state index contributed by atoms with van der Waals surface area (Å²) < 4.78 is 0. The third kappa shape index (κ3) is 1.73. The van der Waals surface area contributed by atoms with Crippen molar-refractivity contribution >= 4 is 28.3 Å². The summed E-state index contributed by atoms with van der Waals surface area (Å²) in [6.07, 6.45) is 6.80. The van der Waals surface area contributed by atoms with E-state index in [1.54, 1.807) is 0 Å². The number of rotatable bonds is 2. The number of fused-ring (bicyclic) bond motifs is 3. The van der Waals surface area contributed by atoms with Crippen LogP contribution in [0.3, 0.4) is 0 Å². The molecule has 0 saturated heterocycles. The Morgan fingerprint density at radius 2 is 2.16 bits per heavy atom. The number of hydrogen-bond donors (Lipinski definition) is 1. The van der Waals surface area contributed by atoms with Crippen molar-refractivity contribution in [3.8, 4) is 0 Å². The third-order valence-corrected chi connectivity index (χ3v) is 5.22. The highest BCUT2D eigenvalue weighted by atomic mass is 35.5. The molecule has 2 aliphatic carbocycles. The first-order chi connectivity index (χ1) is 9.22. The number of aromatic amines is 1. The number of carbonyl (C=O) groups is 1. The standard InChI is InChI=1S/C16H16ClNO/c17-11-3-4-12-14(8-18-15(12)7-11)16(19)13-6-9-1-2-10(13)5-9/h3-4,7-10,13,18H,1-2,5-6H2. The molecule has 1 aromatic heterocycles. The Hall–Kier alpha value is -1.28. The summed E-state index contributed by atoms with van der Waals surface area (Å²) in [6, 6.07) is 5.69. The van der Waals surface area contributed by atoms with E-state index in [0.717, 1.165) is 28.8 Å². The average Bonchev–Trinajstić information content (AvgIpc) is 3.11. The van der Waals surface area contributed by atoms with Crippen LogP contribution in [-0.2, 0) is 0 Å². The largest absolute Gasteiger partial charge is 0.360 e. The van der Waals surface area contributed by atoms with Crippen LogP contribution in [0.4, 0.5) is 0 Å². The molecule has 2 bridgehead atoms. The number of H-pyrrole nitrogens is 1. The first-order valence-corrected chi connectivity index (χ1v) is 7.41. The molecule has 2 nitrogen and oxygen atoms in total. The summed E-state index contributed by atoms with van der Waals surface area (Å²) in [5.74, 6) is 2.03. The van der Waals surface area contributed by atoms with Crippen molar-refractivity contribution in [1.82, 2.24) is 4.98 Å². The highest BCUT2D eigenvalue weighted by Crippen LogP contribution is 2.49. The minimum Gasteiger partial charge on any atom is -0.360 e. The zero-order valence-electron chi connectivity index (χ0n) is 10.7. The monoisotopic (exact) mass is 273 g/mol. The summed E-state index contributed by atoms with van der Waals surface area (Å²) in [6.45, 7) is 0. The van der Waals surface area contributed by atoms with Crippen LogP contribution in [0.2, 0.25) is 5.02 Å². The zero-order chi connectivity index (χ0) is 13.0. The molecule has 0 amide bonds. The second kappa shape index (κ2) is 4.11. The van der Waals surface area contributed by atoms with Gasteiger partial charge in [-0.3, -0.25) is 4.79 Å². The Balaban J connectivity index is 1.72. The van der Waals surface area contributed by atoms with E-state index in [1.165, 1.54) is 19.3 Å². The second-order valence-electron chi connectivity index (χ2n) is 6.04. The molecule has 1 N–H and O–H groups in total. The van der Waals surface area contributed by atoms with Gasteiger partial charge < -0.3 is 4.98 Å². The lowest BCUT2D eigenvalue weighted by Gasteiger charge is -2.19. The summed E-state index contributed by atoms with van der Waals surface area (Å²) in [4.78, 5) is 15.9.